The van der Waals surface area contributed by atoms with Crippen molar-refractivity contribution in [2.75, 3.05) is 0 Å². The van der Waals surface area contributed by atoms with Gasteiger partial charge in [-0.25, -0.2) is 9.18 Å². The van der Waals surface area contributed by atoms with Crippen molar-refractivity contribution in [3.05, 3.63) is 111 Å². The fraction of sp³-hybridized carbons (Fsp3) is 0.0455. The van der Waals surface area contributed by atoms with Gasteiger partial charge in [0.15, 0.2) is 0 Å². The van der Waals surface area contributed by atoms with Gasteiger partial charge in [0.05, 0.1) is 17.1 Å². The smallest absolute Gasteiger partial charge is 0.349 e. The number of H-pyrrole nitrogens is 1. The van der Waals surface area contributed by atoms with Gasteiger partial charge in [-0.15, -0.1) is 4.68 Å². The number of ether oxygens (including phenoxy) is 1. The van der Waals surface area contributed by atoms with Gasteiger partial charge in [-0.1, -0.05) is 36.4 Å². The van der Waals surface area contributed by atoms with E-state index >= 15 is 0 Å². The SMILES string of the molecule is O=c1[nH]c2ccccc2c(=O)n1N=Cc1ccccc1OCc1cccc(F)c1. The molecule has 6 nitrogen and oxygen atoms in total. The molecule has 0 saturated heterocycles. The highest BCUT2D eigenvalue weighted by Crippen LogP contribution is 2.18. The largest absolute Gasteiger partial charge is 0.488 e. The van der Waals surface area contributed by atoms with Crippen molar-refractivity contribution in [2.24, 2.45) is 5.10 Å². The van der Waals surface area contributed by atoms with Gasteiger partial charge >= 0.3 is 5.69 Å². The van der Waals surface area contributed by atoms with E-state index < -0.39 is 11.2 Å². The summed E-state index contributed by atoms with van der Waals surface area (Å²) in [7, 11) is 0. The van der Waals surface area contributed by atoms with E-state index in [1.807, 2.05) is 0 Å². The minimum absolute atomic E-state index is 0.166. The molecule has 3 aromatic carbocycles. The number of para-hydroxylation sites is 2. The van der Waals surface area contributed by atoms with Gasteiger partial charge in [-0.3, -0.25) is 4.79 Å². The lowest BCUT2D eigenvalue weighted by Crippen LogP contribution is -2.32. The molecule has 0 amide bonds. The van der Waals surface area contributed by atoms with Crippen LogP contribution in [-0.4, -0.2) is 15.9 Å². The molecule has 1 aromatic heterocycles. The van der Waals surface area contributed by atoms with Crippen molar-refractivity contribution in [3.63, 3.8) is 0 Å². The van der Waals surface area contributed by atoms with Gasteiger partial charge in [-0.2, -0.15) is 5.10 Å². The summed E-state index contributed by atoms with van der Waals surface area (Å²) in [4.78, 5) is 27.4. The van der Waals surface area contributed by atoms with E-state index in [4.69, 9.17) is 4.74 Å². The highest BCUT2D eigenvalue weighted by Gasteiger charge is 2.07. The van der Waals surface area contributed by atoms with Crippen LogP contribution in [0.2, 0.25) is 0 Å². The first kappa shape index (κ1) is 18.4. The maximum atomic E-state index is 13.3. The quantitative estimate of drug-likeness (QED) is 0.532. The van der Waals surface area contributed by atoms with Crippen molar-refractivity contribution in [1.82, 2.24) is 9.66 Å². The summed E-state index contributed by atoms with van der Waals surface area (Å²) in [6.07, 6.45) is 1.38. The van der Waals surface area contributed by atoms with E-state index in [1.165, 1.54) is 18.3 Å². The Balaban J connectivity index is 1.64. The Morgan fingerprint density at radius 1 is 1.00 bits per heavy atom. The second-order valence-electron chi connectivity index (χ2n) is 6.29. The minimum Gasteiger partial charge on any atom is -0.488 e. The molecule has 1 N–H and O–H groups in total. The average Bonchev–Trinajstić information content (AvgIpc) is 2.73. The molecule has 0 saturated carbocycles. The molecule has 0 atom stereocenters. The zero-order valence-corrected chi connectivity index (χ0v) is 15.2. The number of aromatic amines is 1. The van der Waals surface area contributed by atoms with E-state index in [0.717, 1.165) is 4.68 Å². The molecule has 0 aliphatic heterocycles. The average molecular weight is 389 g/mol. The van der Waals surface area contributed by atoms with Crippen LogP contribution >= 0.6 is 0 Å². The number of hydrogen-bond acceptors (Lipinski definition) is 4. The molecule has 0 radical (unpaired) electrons. The van der Waals surface area contributed by atoms with Crippen LogP contribution < -0.4 is 16.0 Å². The predicted octanol–water partition coefficient (Wildman–Crippen LogP) is 3.29. The van der Waals surface area contributed by atoms with Crippen molar-refractivity contribution in [3.8, 4) is 5.75 Å². The highest BCUT2D eigenvalue weighted by molar-refractivity contribution is 5.83. The molecule has 1 heterocycles. The van der Waals surface area contributed by atoms with Crippen LogP contribution in [0.15, 0.2) is 87.5 Å². The fourth-order valence-corrected chi connectivity index (χ4v) is 2.88. The Morgan fingerprint density at radius 2 is 1.79 bits per heavy atom. The van der Waals surface area contributed by atoms with E-state index in [0.29, 0.717) is 27.8 Å². The molecule has 144 valence electrons. The lowest BCUT2D eigenvalue weighted by Gasteiger charge is -2.09. The molecular weight excluding hydrogens is 373 g/mol. The van der Waals surface area contributed by atoms with Gasteiger partial charge in [0, 0.05) is 5.56 Å². The second kappa shape index (κ2) is 7.93. The summed E-state index contributed by atoms with van der Waals surface area (Å²) in [5.41, 5.74) is 0.553. The van der Waals surface area contributed by atoms with Crippen LogP contribution in [0.1, 0.15) is 11.1 Å². The summed E-state index contributed by atoms with van der Waals surface area (Å²) in [6, 6.07) is 19.9. The maximum absolute atomic E-state index is 13.3. The van der Waals surface area contributed by atoms with Crippen LogP contribution in [0.5, 0.6) is 5.75 Å². The lowest BCUT2D eigenvalue weighted by atomic mass is 10.2. The van der Waals surface area contributed by atoms with Crippen LogP contribution in [0.4, 0.5) is 4.39 Å². The molecule has 7 heteroatoms. The molecule has 29 heavy (non-hydrogen) atoms. The van der Waals surface area contributed by atoms with Crippen molar-refractivity contribution in [2.45, 2.75) is 6.61 Å². The normalized spacial score (nSPS) is 11.2. The molecule has 0 unspecified atom stereocenters. The predicted molar refractivity (Wildman–Crippen MR) is 109 cm³/mol. The monoisotopic (exact) mass is 389 g/mol. The number of halogens is 1. The topological polar surface area (TPSA) is 76.5 Å². The first-order valence-corrected chi connectivity index (χ1v) is 8.86. The Kier molecular flexibility index (Phi) is 5.03. The van der Waals surface area contributed by atoms with E-state index in [2.05, 4.69) is 10.1 Å². The van der Waals surface area contributed by atoms with Crippen LogP contribution in [-0.2, 0) is 6.61 Å². The maximum Gasteiger partial charge on any atom is 0.349 e. The summed E-state index contributed by atoms with van der Waals surface area (Å²) < 4.78 is 19.9. The summed E-state index contributed by atoms with van der Waals surface area (Å²) in [5, 5.41) is 4.41. The van der Waals surface area contributed by atoms with Crippen LogP contribution in [0.25, 0.3) is 10.9 Å². The van der Waals surface area contributed by atoms with Gasteiger partial charge in [-0.05, 0) is 42.0 Å². The minimum atomic E-state index is -0.636. The zero-order chi connectivity index (χ0) is 20.2. The number of rotatable bonds is 5. The van der Waals surface area contributed by atoms with Gasteiger partial charge < -0.3 is 9.72 Å². The van der Waals surface area contributed by atoms with Crippen LogP contribution in [0.3, 0.4) is 0 Å². The Bertz CT molecular complexity index is 1320. The lowest BCUT2D eigenvalue weighted by molar-refractivity contribution is 0.305. The summed E-state index contributed by atoms with van der Waals surface area (Å²) in [6.45, 7) is 0.166. The molecular formula is C22H16FN3O3. The van der Waals surface area contributed by atoms with E-state index in [-0.39, 0.29) is 12.4 Å². The van der Waals surface area contributed by atoms with Crippen molar-refractivity contribution in [1.29, 1.82) is 0 Å². The molecule has 0 bridgehead atoms. The molecule has 0 spiro atoms. The number of hydrogen-bond donors (Lipinski definition) is 1. The first-order chi connectivity index (χ1) is 14.1. The zero-order valence-electron chi connectivity index (χ0n) is 15.2. The number of fused-ring (bicyclic) bond motifs is 1. The highest BCUT2D eigenvalue weighted by atomic mass is 19.1. The molecule has 4 aromatic rings. The fourth-order valence-electron chi connectivity index (χ4n) is 2.88. The second-order valence-corrected chi connectivity index (χ2v) is 6.29. The number of benzene rings is 3. The van der Waals surface area contributed by atoms with Gasteiger partial charge in [0.1, 0.15) is 18.2 Å². The Labute approximate surface area is 164 Å². The van der Waals surface area contributed by atoms with Gasteiger partial charge in [0.2, 0.25) is 0 Å². The Morgan fingerprint density at radius 3 is 2.66 bits per heavy atom. The molecule has 0 aliphatic carbocycles. The van der Waals surface area contributed by atoms with Crippen molar-refractivity contribution < 1.29 is 9.13 Å². The molecule has 0 fully saturated rings. The van der Waals surface area contributed by atoms with Gasteiger partial charge in [0.25, 0.3) is 5.56 Å². The molecule has 4 rings (SSSR count). The number of aromatic nitrogens is 2. The summed E-state index contributed by atoms with van der Waals surface area (Å²) >= 11 is 0. The van der Waals surface area contributed by atoms with E-state index in [1.54, 1.807) is 60.7 Å². The Hall–Kier alpha value is -4.00. The van der Waals surface area contributed by atoms with E-state index in [9.17, 15) is 14.0 Å². The first-order valence-electron chi connectivity index (χ1n) is 8.86. The third-order valence-electron chi connectivity index (χ3n) is 4.30. The van der Waals surface area contributed by atoms with Crippen molar-refractivity contribution >= 4 is 17.1 Å². The number of nitrogens with one attached hydrogen (secondary N) is 1. The third-order valence-corrected chi connectivity index (χ3v) is 4.30. The standard InChI is InChI=1S/C22H16FN3O3/c23-17-8-5-6-15(12-17)14-29-20-11-4-1-7-16(20)13-24-26-21(27)18-9-2-3-10-19(18)25-22(26)28/h1-13H,14H2,(H,25,28). The third kappa shape index (κ3) is 3.98. The summed E-state index contributed by atoms with van der Waals surface area (Å²) in [5.74, 6) is 0.154. The number of nitrogens with zero attached hydrogens (tertiary/aromatic N) is 2. The molecule has 0 aliphatic rings. The van der Waals surface area contributed by atoms with Crippen LogP contribution in [0, 0.1) is 5.82 Å².